The van der Waals surface area contributed by atoms with Gasteiger partial charge in [-0.1, -0.05) is 30.3 Å². The van der Waals surface area contributed by atoms with Gasteiger partial charge in [-0.2, -0.15) is 0 Å². The number of nitrogen functional groups attached to an aromatic ring is 1. The number of hydrogen-bond acceptors (Lipinski definition) is 3. The Balaban J connectivity index is 0.00000208. The van der Waals surface area contributed by atoms with Gasteiger partial charge in [-0.15, -0.1) is 12.4 Å². The van der Waals surface area contributed by atoms with Gasteiger partial charge in [0.05, 0.1) is 13.2 Å². The molecule has 0 radical (unpaired) electrons. The molecule has 3 N–H and O–H groups in total. The first kappa shape index (κ1) is 18.1. The number of carbonyl (C=O) groups excluding carboxylic acids is 1. The molecule has 128 valence electrons. The molecule has 0 bridgehead atoms. The zero-order valence-electron chi connectivity index (χ0n) is 13.7. The van der Waals surface area contributed by atoms with Crippen molar-refractivity contribution in [3.8, 4) is 5.75 Å². The number of fused-ring (bicyclic) bond motifs is 1. The zero-order chi connectivity index (χ0) is 16.2. The van der Waals surface area contributed by atoms with E-state index in [0.717, 1.165) is 29.8 Å². The highest BCUT2D eigenvalue weighted by Gasteiger charge is 2.26. The number of nitrogens with one attached hydrogen (secondary N) is 1. The van der Waals surface area contributed by atoms with Crippen LogP contribution in [0.25, 0.3) is 0 Å². The summed E-state index contributed by atoms with van der Waals surface area (Å²) in [7, 11) is 1.69. The van der Waals surface area contributed by atoms with Gasteiger partial charge < -0.3 is 15.8 Å². The lowest BCUT2D eigenvalue weighted by Gasteiger charge is -2.15. The van der Waals surface area contributed by atoms with E-state index in [1.54, 1.807) is 7.11 Å². The van der Waals surface area contributed by atoms with E-state index in [0.29, 0.717) is 12.8 Å². The Labute approximate surface area is 148 Å². The van der Waals surface area contributed by atoms with Crippen molar-refractivity contribution in [1.82, 2.24) is 5.32 Å². The molecule has 0 saturated carbocycles. The van der Waals surface area contributed by atoms with Crippen LogP contribution in [-0.4, -0.2) is 13.0 Å². The molecule has 0 spiro atoms. The zero-order valence-corrected chi connectivity index (χ0v) is 14.6. The van der Waals surface area contributed by atoms with E-state index >= 15 is 0 Å². The number of nitrogens with two attached hydrogens (primary N) is 1. The number of para-hydroxylation sites is 1. The molecule has 2 aromatic rings. The van der Waals surface area contributed by atoms with Crippen LogP contribution in [0.3, 0.4) is 0 Å². The normalized spacial score (nSPS) is 15.3. The number of methoxy groups -OCH3 is 1. The third-order valence-electron chi connectivity index (χ3n) is 4.46. The number of aryl methyl sites for hydroxylation is 1. The van der Waals surface area contributed by atoms with Crippen molar-refractivity contribution in [3.05, 3.63) is 59.2 Å². The minimum Gasteiger partial charge on any atom is -0.496 e. The second-order valence-electron chi connectivity index (χ2n) is 5.89. The quantitative estimate of drug-likeness (QED) is 0.815. The van der Waals surface area contributed by atoms with E-state index < -0.39 is 0 Å². The standard InChI is InChI=1S/C19H22N2O2.ClH/c1-23-18-8-4-6-14-15(18)10-11-17(14)21-19(22)12-9-13-5-2-3-7-16(13)20;/h2-8,17H,9-12,20H2,1H3,(H,21,22);1H. The van der Waals surface area contributed by atoms with Crippen molar-refractivity contribution < 1.29 is 9.53 Å². The van der Waals surface area contributed by atoms with Gasteiger partial charge in [-0.3, -0.25) is 4.79 Å². The largest absolute Gasteiger partial charge is 0.496 e. The molecule has 0 heterocycles. The Morgan fingerprint density at radius 3 is 2.79 bits per heavy atom. The molecule has 0 aliphatic heterocycles. The summed E-state index contributed by atoms with van der Waals surface area (Å²) < 4.78 is 5.40. The minimum absolute atomic E-state index is 0. The highest BCUT2D eigenvalue weighted by Crippen LogP contribution is 2.36. The summed E-state index contributed by atoms with van der Waals surface area (Å²) in [6.45, 7) is 0. The van der Waals surface area contributed by atoms with E-state index in [4.69, 9.17) is 10.5 Å². The number of rotatable bonds is 5. The lowest BCUT2D eigenvalue weighted by atomic mass is 10.1. The summed E-state index contributed by atoms with van der Waals surface area (Å²) in [5.74, 6) is 0.977. The number of hydrogen-bond donors (Lipinski definition) is 2. The first-order valence-corrected chi connectivity index (χ1v) is 7.97. The number of ether oxygens (including phenoxy) is 1. The van der Waals surface area contributed by atoms with Crippen LogP contribution in [0.15, 0.2) is 42.5 Å². The van der Waals surface area contributed by atoms with Gasteiger partial charge in [0.25, 0.3) is 0 Å². The van der Waals surface area contributed by atoms with E-state index in [9.17, 15) is 4.79 Å². The molecule has 1 unspecified atom stereocenters. The van der Waals surface area contributed by atoms with Crippen molar-refractivity contribution in [2.24, 2.45) is 0 Å². The van der Waals surface area contributed by atoms with E-state index in [1.807, 2.05) is 36.4 Å². The molecule has 3 rings (SSSR count). The van der Waals surface area contributed by atoms with Crippen LogP contribution in [0.4, 0.5) is 5.69 Å². The van der Waals surface area contributed by atoms with Crippen LogP contribution in [-0.2, 0) is 17.6 Å². The number of benzene rings is 2. The molecular weight excluding hydrogens is 324 g/mol. The highest BCUT2D eigenvalue weighted by atomic mass is 35.5. The second kappa shape index (κ2) is 8.06. The summed E-state index contributed by atoms with van der Waals surface area (Å²) in [4.78, 5) is 12.3. The van der Waals surface area contributed by atoms with E-state index in [1.165, 1.54) is 11.1 Å². The van der Waals surface area contributed by atoms with Gasteiger partial charge in [0, 0.05) is 12.1 Å². The maximum absolute atomic E-state index is 12.3. The second-order valence-corrected chi connectivity index (χ2v) is 5.89. The van der Waals surface area contributed by atoms with Crippen molar-refractivity contribution >= 4 is 24.0 Å². The minimum atomic E-state index is 0. The van der Waals surface area contributed by atoms with Crippen molar-refractivity contribution in [2.45, 2.75) is 31.7 Å². The average Bonchev–Trinajstić information content (AvgIpc) is 2.97. The summed E-state index contributed by atoms with van der Waals surface area (Å²) >= 11 is 0. The van der Waals surface area contributed by atoms with Gasteiger partial charge in [-0.05, 0) is 48.1 Å². The first-order valence-electron chi connectivity index (χ1n) is 7.97. The van der Waals surface area contributed by atoms with Gasteiger partial charge in [0.2, 0.25) is 5.91 Å². The SMILES string of the molecule is COc1cccc2c1CCC2NC(=O)CCc1ccccc1N.Cl. The van der Waals surface area contributed by atoms with Crippen molar-refractivity contribution in [3.63, 3.8) is 0 Å². The Hall–Kier alpha value is -2.20. The smallest absolute Gasteiger partial charge is 0.220 e. The van der Waals surface area contributed by atoms with E-state index in [2.05, 4.69) is 11.4 Å². The average molecular weight is 347 g/mol. The number of amides is 1. The lowest BCUT2D eigenvalue weighted by Crippen LogP contribution is -2.27. The van der Waals surface area contributed by atoms with Gasteiger partial charge >= 0.3 is 0 Å². The van der Waals surface area contributed by atoms with Crippen LogP contribution in [0, 0.1) is 0 Å². The van der Waals surface area contributed by atoms with Gasteiger partial charge in [0.1, 0.15) is 5.75 Å². The molecule has 1 aliphatic rings. The summed E-state index contributed by atoms with van der Waals surface area (Å²) in [5, 5.41) is 3.14. The molecule has 2 aromatic carbocycles. The molecule has 5 heteroatoms. The van der Waals surface area contributed by atoms with Crippen LogP contribution < -0.4 is 15.8 Å². The number of carbonyl (C=O) groups is 1. The molecule has 0 fully saturated rings. The monoisotopic (exact) mass is 346 g/mol. The van der Waals surface area contributed by atoms with Gasteiger partial charge in [0.15, 0.2) is 0 Å². The van der Waals surface area contributed by atoms with Crippen molar-refractivity contribution in [1.29, 1.82) is 0 Å². The fourth-order valence-corrected chi connectivity index (χ4v) is 3.24. The Kier molecular flexibility index (Phi) is 6.10. The van der Waals surface area contributed by atoms with E-state index in [-0.39, 0.29) is 24.4 Å². The lowest BCUT2D eigenvalue weighted by molar-refractivity contribution is -0.121. The Bertz CT molecular complexity index is 718. The number of anilines is 1. The molecule has 0 aromatic heterocycles. The first-order chi connectivity index (χ1) is 11.2. The summed E-state index contributed by atoms with van der Waals surface area (Å²) in [6.07, 6.45) is 2.98. The molecular formula is C19H23ClN2O2. The summed E-state index contributed by atoms with van der Waals surface area (Å²) in [5.41, 5.74) is 10.1. The predicted molar refractivity (Wildman–Crippen MR) is 98.6 cm³/mol. The maximum Gasteiger partial charge on any atom is 0.220 e. The number of halogens is 1. The van der Waals surface area contributed by atoms with Crippen LogP contribution in [0.5, 0.6) is 5.75 Å². The van der Waals surface area contributed by atoms with Gasteiger partial charge in [-0.25, -0.2) is 0 Å². The highest BCUT2D eigenvalue weighted by molar-refractivity contribution is 5.85. The van der Waals surface area contributed by atoms with Crippen molar-refractivity contribution in [2.75, 3.05) is 12.8 Å². The molecule has 1 aliphatic carbocycles. The van der Waals surface area contributed by atoms with Crippen LogP contribution in [0.2, 0.25) is 0 Å². The fraction of sp³-hybridized carbons (Fsp3) is 0.316. The summed E-state index contributed by atoms with van der Waals surface area (Å²) in [6, 6.07) is 13.8. The molecule has 1 atom stereocenters. The molecule has 24 heavy (non-hydrogen) atoms. The molecule has 0 saturated heterocycles. The predicted octanol–water partition coefficient (Wildman–Crippen LogP) is 3.44. The molecule has 1 amide bonds. The third kappa shape index (κ3) is 3.82. The Morgan fingerprint density at radius 1 is 1.25 bits per heavy atom. The third-order valence-corrected chi connectivity index (χ3v) is 4.46. The Morgan fingerprint density at radius 2 is 2.04 bits per heavy atom. The molecule has 4 nitrogen and oxygen atoms in total. The maximum atomic E-state index is 12.3. The topological polar surface area (TPSA) is 64.3 Å². The fourth-order valence-electron chi connectivity index (χ4n) is 3.24. The van der Waals surface area contributed by atoms with Crippen LogP contribution in [0.1, 0.15) is 35.6 Å². The van der Waals surface area contributed by atoms with Crippen LogP contribution >= 0.6 is 12.4 Å².